The van der Waals surface area contributed by atoms with E-state index in [0.29, 0.717) is 15.7 Å². The van der Waals surface area contributed by atoms with Crippen molar-refractivity contribution in [1.82, 2.24) is 5.32 Å². The van der Waals surface area contributed by atoms with Crippen molar-refractivity contribution in [2.24, 2.45) is 0 Å². The zero-order valence-corrected chi connectivity index (χ0v) is 14.0. The average molecular weight is 351 g/mol. The fraction of sp³-hybridized carbons (Fsp3) is 0.176. The number of rotatable bonds is 5. The van der Waals surface area contributed by atoms with Gasteiger partial charge in [-0.05, 0) is 24.6 Å². The quantitative estimate of drug-likeness (QED) is 0.865. The van der Waals surface area contributed by atoms with Gasteiger partial charge in [-0.3, -0.25) is 9.59 Å². The lowest BCUT2D eigenvalue weighted by molar-refractivity contribution is -0.123. The maximum absolute atomic E-state index is 11.9. The number of amides is 2. The molecule has 0 radical (unpaired) electrons. The summed E-state index contributed by atoms with van der Waals surface area (Å²) in [5, 5.41) is 5.85. The number of carbonyl (C=O) groups is 2. The van der Waals surface area contributed by atoms with E-state index < -0.39 is 5.91 Å². The Kier molecular flexibility index (Phi) is 6.02. The van der Waals surface area contributed by atoms with Crippen LogP contribution in [0.1, 0.15) is 11.1 Å². The molecule has 2 aromatic carbocycles. The molecule has 0 bridgehead atoms. The van der Waals surface area contributed by atoms with Gasteiger partial charge in [-0.25, -0.2) is 0 Å². The second-order valence-electron chi connectivity index (χ2n) is 5.09. The van der Waals surface area contributed by atoms with Crippen LogP contribution in [0.15, 0.2) is 42.5 Å². The molecular weight excluding hydrogens is 335 g/mol. The fourth-order valence-electron chi connectivity index (χ4n) is 2.05. The van der Waals surface area contributed by atoms with Crippen molar-refractivity contribution < 1.29 is 9.59 Å². The first-order valence-electron chi connectivity index (χ1n) is 7.02. The van der Waals surface area contributed by atoms with E-state index in [4.69, 9.17) is 23.2 Å². The third kappa shape index (κ3) is 5.27. The van der Waals surface area contributed by atoms with Gasteiger partial charge in [-0.1, -0.05) is 59.1 Å². The lowest BCUT2D eigenvalue weighted by atomic mass is 10.1. The van der Waals surface area contributed by atoms with Gasteiger partial charge >= 0.3 is 0 Å². The van der Waals surface area contributed by atoms with Crippen molar-refractivity contribution in [1.29, 1.82) is 0 Å². The Hall–Kier alpha value is -2.04. The maximum Gasteiger partial charge on any atom is 0.243 e. The maximum atomic E-state index is 11.9. The summed E-state index contributed by atoms with van der Waals surface area (Å²) < 4.78 is 0. The highest BCUT2D eigenvalue weighted by Crippen LogP contribution is 2.29. The van der Waals surface area contributed by atoms with E-state index in [0.717, 1.165) is 11.1 Å². The zero-order chi connectivity index (χ0) is 16.8. The van der Waals surface area contributed by atoms with Crippen molar-refractivity contribution >= 4 is 40.7 Å². The van der Waals surface area contributed by atoms with Crippen LogP contribution >= 0.6 is 23.2 Å². The van der Waals surface area contributed by atoms with Gasteiger partial charge in [0.15, 0.2) is 0 Å². The molecule has 0 heterocycles. The molecule has 0 atom stereocenters. The van der Waals surface area contributed by atoms with E-state index in [-0.39, 0.29) is 18.9 Å². The molecule has 2 aromatic rings. The molecule has 0 aliphatic rings. The number of nitrogens with one attached hydrogen (secondary N) is 2. The Labute approximate surface area is 144 Å². The molecule has 0 saturated heterocycles. The number of para-hydroxylation sites is 1. The predicted octanol–water partition coefficient (Wildman–Crippen LogP) is 3.60. The first-order valence-corrected chi connectivity index (χ1v) is 7.77. The molecule has 0 aliphatic heterocycles. The van der Waals surface area contributed by atoms with Crippen LogP contribution in [-0.4, -0.2) is 18.4 Å². The molecule has 0 saturated carbocycles. The minimum atomic E-state index is -0.391. The third-order valence-electron chi connectivity index (χ3n) is 3.12. The SMILES string of the molecule is Cc1cccc(CC(=O)NCC(=O)Nc2c(Cl)cccc2Cl)c1. The van der Waals surface area contributed by atoms with Crippen molar-refractivity contribution in [3.05, 3.63) is 63.6 Å². The zero-order valence-electron chi connectivity index (χ0n) is 12.5. The van der Waals surface area contributed by atoms with Gasteiger partial charge in [0.2, 0.25) is 11.8 Å². The lowest BCUT2D eigenvalue weighted by Gasteiger charge is -2.10. The van der Waals surface area contributed by atoms with Gasteiger partial charge in [0.25, 0.3) is 0 Å². The van der Waals surface area contributed by atoms with Crippen LogP contribution in [0.2, 0.25) is 10.0 Å². The monoisotopic (exact) mass is 350 g/mol. The largest absolute Gasteiger partial charge is 0.347 e. The summed E-state index contributed by atoms with van der Waals surface area (Å²) in [6.07, 6.45) is 0.224. The number of hydrogen-bond acceptors (Lipinski definition) is 2. The number of anilines is 1. The summed E-state index contributed by atoms with van der Waals surface area (Å²) in [5.74, 6) is -0.617. The average Bonchev–Trinajstić information content (AvgIpc) is 2.49. The molecule has 0 aromatic heterocycles. The van der Waals surface area contributed by atoms with E-state index in [9.17, 15) is 9.59 Å². The molecule has 2 rings (SSSR count). The third-order valence-corrected chi connectivity index (χ3v) is 3.75. The molecule has 6 heteroatoms. The van der Waals surface area contributed by atoms with Gasteiger partial charge in [-0.15, -0.1) is 0 Å². The number of carbonyl (C=O) groups excluding carboxylic acids is 2. The molecule has 0 aliphatic carbocycles. The Balaban J connectivity index is 1.85. The van der Waals surface area contributed by atoms with Crippen LogP contribution in [0, 0.1) is 6.92 Å². The van der Waals surface area contributed by atoms with Gasteiger partial charge in [0.05, 0.1) is 28.7 Å². The summed E-state index contributed by atoms with van der Waals surface area (Å²) in [4.78, 5) is 23.8. The summed E-state index contributed by atoms with van der Waals surface area (Å²) >= 11 is 11.9. The molecular formula is C17H16Cl2N2O2. The number of hydrogen-bond donors (Lipinski definition) is 2. The molecule has 4 nitrogen and oxygen atoms in total. The molecule has 2 N–H and O–H groups in total. The Bertz CT molecular complexity index is 712. The highest BCUT2D eigenvalue weighted by Gasteiger charge is 2.11. The smallest absolute Gasteiger partial charge is 0.243 e. The van der Waals surface area contributed by atoms with Crippen LogP contribution in [0.5, 0.6) is 0 Å². The van der Waals surface area contributed by atoms with Crippen LogP contribution in [0.3, 0.4) is 0 Å². The standard InChI is InChI=1S/C17H16Cl2N2O2/c1-11-4-2-5-12(8-11)9-15(22)20-10-16(23)21-17-13(18)6-3-7-14(17)19/h2-8H,9-10H2,1H3,(H,20,22)(H,21,23). The first-order chi connectivity index (χ1) is 11.0. The van der Waals surface area contributed by atoms with Gasteiger partial charge in [0.1, 0.15) is 0 Å². The summed E-state index contributed by atoms with van der Waals surface area (Å²) in [6, 6.07) is 12.6. The van der Waals surface area contributed by atoms with Crippen LogP contribution < -0.4 is 10.6 Å². The molecule has 0 spiro atoms. The van der Waals surface area contributed by atoms with Crippen LogP contribution in [-0.2, 0) is 16.0 Å². The van der Waals surface area contributed by atoms with E-state index in [1.807, 2.05) is 31.2 Å². The Morgan fingerprint density at radius 1 is 1.00 bits per heavy atom. The van der Waals surface area contributed by atoms with E-state index >= 15 is 0 Å². The van der Waals surface area contributed by atoms with E-state index in [1.54, 1.807) is 18.2 Å². The Morgan fingerprint density at radius 2 is 1.65 bits per heavy atom. The topological polar surface area (TPSA) is 58.2 Å². The summed E-state index contributed by atoms with van der Waals surface area (Å²) in [6.45, 7) is 1.81. The summed E-state index contributed by atoms with van der Waals surface area (Å²) in [7, 11) is 0. The number of benzene rings is 2. The minimum absolute atomic E-state index is 0.147. The second-order valence-corrected chi connectivity index (χ2v) is 5.90. The molecule has 2 amide bonds. The highest BCUT2D eigenvalue weighted by atomic mass is 35.5. The predicted molar refractivity (Wildman–Crippen MR) is 93.0 cm³/mol. The number of aryl methyl sites for hydroxylation is 1. The fourth-order valence-corrected chi connectivity index (χ4v) is 2.54. The molecule has 23 heavy (non-hydrogen) atoms. The van der Waals surface area contributed by atoms with Crippen molar-refractivity contribution in [3.63, 3.8) is 0 Å². The Morgan fingerprint density at radius 3 is 2.30 bits per heavy atom. The van der Waals surface area contributed by atoms with Gasteiger partial charge < -0.3 is 10.6 Å². The first kappa shape index (κ1) is 17.3. The van der Waals surface area contributed by atoms with Crippen molar-refractivity contribution in [2.45, 2.75) is 13.3 Å². The van der Waals surface area contributed by atoms with Gasteiger partial charge in [0, 0.05) is 0 Å². The van der Waals surface area contributed by atoms with E-state index in [2.05, 4.69) is 10.6 Å². The minimum Gasteiger partial charge on any atom is -0.347 e. The van der Waals surface area contributed by atoms with Crippen LogP contribution in [0.4, 0.5) is 5.69 Å². The normalized spacial score (nSPS) is 10.2. The van der Waals surface area contributed by atoms with Gasteiger partial charge in [-0.2, -0.15) is 0 Å². The highest BCUT2D eigenvalue weighted by molar-refractivity contribution is 6.39. The molecule has 0 unspecified atom stereocenters. The van der Waals surface area contributed by atoms with Crippen molar-refractivity contribution in [2.75, 3.05) is 11.9 Å². The van der Waals surface area contributed by atoms with E-state index in [1.165, 1.54) is 0 Å². The molecule has 120 valence electrons. The number of halogens is 2. The second kappa shape index (κ2) is 7.99. The van der Waals surface area contributed by atoms with Crippen LogP contribution in [0.25, 0.3) is 0 Å². The molecule has 0 fully saturated rings. The van der Waals surface area contributed by atoms with Crippen molar-refractivity contribution in [3.8, 4) is 0 Å². The lowest BCUT2D eigenvalue weighted by Crippen LogP contribution is -2.33. The summed E-state index contributed by atoms with van der Waals surface area (Å²) in [5.41, 5.74) is 2.33.